The summed E-state index contributed by atoms with van der Waals surface area (Å²) in [4.78, 5) is 12.1. The van der Waals surface area contributed by atoms with Gasteiger partial charge in [0.25, 0.3) is 0 Å². The number of halogens is 3. The number of nitrogens with one attached hydrogen (secondary N) is 3. The molecule has 0 fully saturated rings. The number of hydrogen-bond acceptors (Lipinski definition) is 4. The molecule has 0 aliphatic carbocycles. The summed E-state index contributed by atoms with van der Waals surface area (Å²) in [6.45, 7) is 0. The molecule has 0 saturated carbocycles. The molecule has 0 radical (unpaired) electrons. The van der Waals surface area contributed by atoms with E-state index in [9.17, 15) is 18.0 Å². The van der Waals surface area contributed by atoms with Crippen LogP contribution in [0.15, 0.2) is 48.5 Å². The lowest BCUT2D eigenvalue weighted by atomic mass is 10.1. The molecule has 0 aliphatic rings. The number of amides is 2. The van der Waals surface area contributed by atoms with Crippen molar-refractivity contribution < 1.29 is 18.0 Å². The minimum atomic E-state index is -4.43. The molecule has 3 N–H and O–H groups in total. The number of carbonyl (C=O) groups is 1. The van der Waals surface area contributed by atoms with Crippen molar-refractivity contribution in [2.24, 2.45) is 0 Å². The van der Waals surface area contributed by atoms with Crippen LogP contribution in [0.3, 0.4) is 0 Å². The van der Waals surface area contributed by atoms with Crippen LogP contribution in [0.25, 0.3) is 11.4 Å². The molecule has 128 valence electrons. The summed E-state index contributed by atoms with van der Waals surface area (Å²) in [6.07, 6.45) is -4.43. The second kappa shape index (κ2) is 6.59. The van der Waals surface area contributed by atoms with Crippen LogP contribution in [-0.4, -0.2) is 26.7 Å². The van der Waals surface area contributed by atoms with E-state index in [1.165, 1.54) is 12.1 Å². The molecule has 1 heterocycles. The molecule has 0 bridgehead atoms. The molecule has 0 unspecified atom stereocenters. The average molecular weight is 348 g/mol. The van der Waals surface area contributed by atoms with Crippen molar-refractivity contribution in [3.05, 3.63) is 54.1 Å². The zero-order chi connectivity index (χ0) is 17.9. The van der Waals surface area contributed by atoms with Crippen molar-refractivity contribution in [2.45, 2.75) is 6.18 Å². The number of alkyl halides is 3. The van der Waals surface area contributed by atoms with E-state index in [-0.39, 0.29) is 5.69 Å². The van der Waals surface area contributed by atoms with E-state index in [2.05, 4.69) is 31.3 Å². The van der Waals surface area contributed by atoms with Crippen molar-refractivity contribution in [3.63, 3.8) is 0 Å². The van der Waals surface area contributed by atoms with Crippen molar-refractivity contribution in [2.75, 3.05) is 10.6 Å². The van der Waals surface area contributed by atoms with Gasteiger partial charge < -0.3 is 10.6 Å². The number of aromatic nitrogens is 4. The number of nitrogens with zero attached hydrogens (tertiary/aromatic N) is 3. The number of carbonyl (C=O) groups excluding carboxylic acids is 1. The van der Waals surface area contributed by atoms with Crippen molar-refractivity contribution in [1.29, 1.82) is 0 Å². The predicted molar refractivity (Wildman–Crippen MR) is 83.7 cm³/mol. The SMILES string of the molecule is O=C(Nc1ccc(C(F)(F)F)cc1)Nc1ccccc1-c1nn[nH]n1. The van der Waals surface area contributed by atoms with Gasteiger partial charge in [0, 0.05) is 11.3 Å². The Kier molecular flexibility index (Phi) is 4.33. The first-order valence-electron chi connectivity index (χ1n) is 7.01. The number of hydrogen-bond donors (Lipinski definition) is 3. The fraction of sp³-hybridized carbons (Fsp3) is 0.0667. The van der Waals surface area contributed by atoms with Crippen LogP contribution in [0.1, 0.15) is 5.56 Å². The molecule has 2 amide bonds. The third-order valence-corrected chi connectivity index (χ3v) is 3.23. The van der Waals surface area contributed by atoms with E-state index in [0.717, 1.165) is 12.1 Å². The van der Waals surface area contributed by atoms with Crippen LogP contribution in [-0.2, 0) is 6.18 Å². The van der Waals surface area contributed by atoms with Crippen LogP contribution in [0, 0.1) is 0 Å². The maximum atomic E-state index is 12.5. The summed E-state index contributed by atoms with van der Waals surface area (Å²) in [7, 11) is 0. The minimum Gasteiger partial charge on any atom is -0.308 e. The van der Waals surface area contributed by atoms with Crippen molar-refractivity contribution in [1.82, 2.24) is 20.6 Å². The molecule has 7 nitrogen and oxygen atoms in total. The number of para-hydroxylation sites is 1. The molecule has 3 aromatic rings. The minimum absolute atomic E-state index is 0.225. The van der Waals surface area contributed by atoms with Gasteiger partial charge in [0.15, 0.2) is 0 Å². The van der Waals surface area contributed by atoms with E-state index in [1.807, 2.05) is 0 Å². The van der Waals surface area contributed by atoms with Crippen LogP contribution < -0.4 is 10.6 Å². The topological polar surface area (TPSA) is 95.6 Å². The van der Waals surface area contributed by atoms with Crippen molar-refractivity contribution in [3.8, 4) is 11.4 Å². The number of rotatable bonds is 3. The quantitative estimate of drug-likeness (QED) is 0.675. The Morgan fingerprint density at radius 3 is 2.36 bits per heavy atom. The van der Waals surface area contributed by atoms with Gasteiger partial charge in [0.2, 0.25) is 5.82 Å². The molecule has 10 heteroatoms. The van der Waals surface area contributed by atoms with Crippen LogP contribution >= 0.6 is 0 Å². The molecule has 1 aromatic heterocycles. The van der Waals surface area contributed by atoms with Gasteiger partial charge in [0.05, 0.1) is 11.3 Å². The molecular formula is C15H11F3N6O. The summed E-state index contributed by atoms with van der Waals surface area (Å²) in [6, 6.07) is 10.3. The predicted octanol–water partition coefficient (Wildman–Crippen LogP) is 3.53. The number of anilines is 2. The second-order valence-corrected chi connectivity index (χ2v) is 4.94. The fourth-order valence-electron chi connectivity index (χ4n) is 2.09. The Labute approximate surface area is 139 Å². The molecule has 2 aromatic carbocycles. The Morgan fingerprint density at radius 1 is 1.00 bits per heavy atom. The average Bonchev–Trinajstić information content (AvgIpc) is 3.09. The summed E-state index contributed by atoms with van der Waals surface area (Å²) in [5.74, 6) is 0.297. The molecule has 0 spiro atoms. The lowest BCUT2D eigenvalue weighted by Crippen LogP contribution is -2.20. The van der Waals surface area contributed by atoms with Gasteiger partial charge >= 0.3 is 12.2 Å². The van der Waals surface area contributed by atoms with Gasteiger partial charge in [-0.05, 0) is 41.6 Å². The summed E-state index contributed by atoms with van der Waals surface area (Å²) in [5.41, 5.74) is 0.399. The first-order valence-corrected chi connectivity index (χ1v) is 7.01. The second-order valence-electron chi connectivity index (χ2n) is 4.94. The van der Waals surface area contributed by atoms with Gasteiger partial charge in [-0.1, -0.05) is 12.1 Å². The first kappa shape index (κ1) is 16.4. The van der Waals surface area contributed by atoms with E-state index in [1.54, 1.807) is 24.3 Å². The highest BCUT2D eigenvalue weighted by atomic mass is 19.4. The van der Waals surface area contributed by atoms with E-state index >= 15 is 0 Å². The largest absolute Gasteiger partial charge is 0.416 e. The number of benzene rings is 2. The molecule has 25 heavy (non-hydrogen) atoms. The molecule has 0 atom stereocenters. The van der Waals surface area contributed by atoms with Gasteiger partial charge in [-0.25, -0.2) is 4.79 Å². The van der Waals surface area contributed by atoms with Crippen LogP contribution in [0.2, 0.25) is 0 Å². The highest BCUT2D eigenvalue weighted by Gasteiger charge is 2.30. The third kappa shape index (κ3) is 3.91. The number of tetrazole rings is 1. The lowest BCUT2D eigenvalue weighted by Gasteiger charge is -2.11. The van der Waals surface area contributed by atoms with E-state index in [4.69, 9.17) is 0 Å². The smallest absolute Gasteiger partial charge is 0.308 e. The number of H-pyrrole nitrogens is 1. The summed E-state index contributed by atoms with van der Waals surface area (Å²) in [5, 5.41) is 18.5. The maximum absolute atomic E-state index is 12.5. The lowest BCUT2D eigenvalue weighted by molar-refractivity contribution is -0.137. The summed E-state index contributed by atoms with van der Waals surface area (Å²) < 4.78 is 37.6. The number of aromatic amines is 1. The standard InChI is InChI=1S/C15H11F3N6O/c16-15(17,18)9-5-7-10(8-6-9)19-14(25)20-12-4-2-1-3-11(12)13-21-23-24-22-13/h1-8H,(H2,19,20,25)(H,21,22,23,24). The zero-order valence-corrected chi connectivity index (χ0v) is 12.5. The molecule has 0 saturated heterocycles. The van der Waals surface area contributed by atoms with Gasteiger partial charge in [0.1, 0.15) is 0 Å². The van der Waals surface area contributed by atoms with E-state index in [0.29, 0.717) is 17.1 Å². The fourth-order valence-corrected chi connectivity index (χ4v) is 2.09. The van der Waals surface area contributed by atoms with Crippen LogP contribution in [0.4, 0.5) is 29.3 Å². The Balaban J connectivity index is 1.72. The van der Waals surface area contributed by atoms with Gasteiger partial charge in [-0.15, -0.1) is 10.2 Å². The van der Waals surface area contributed by atoms with Crippen molar-refractivity contribution >= 4 is 17.4 Å². The first-order chi connectivity index (χ1) is 11.9. The Hall–Kier alpha value is -3.43. The Bertz CT molecular complexity index is 862. The highest BCUT2D eigenvalue weighted by molar-refractivity contribution is 6.01. The van der Waals surface area contributed by atoms with Crippen LogP contribution in [0.5, 0.6) is 0 Å². The summed E-state index contributed by atoms with van der Waals surface area (Å²) >= 11 is 0. The monoisotopic (exact) mass is 348 g/mol. The van der Waals surface area contributed by atoms with E-state index < -0.39 is 17.8 Å². The van der Waals surface area contributed by atoms with Gasteiger partial charge in [-0.3, -0.25) is 0 Å². The molecular weight excluding hydrogens is 337 g/mol. The molecule has 3 rings (SSSR count). The maximum Gasteiger partial charge on any atom is 0.416 e. The highest BCUT2D eigenvalue weighted by Crippen LogP contribution is 2.30. The molecule has 0 aliphatic heterocycles. The third-order valence-electron chi connectivity index (χ3n) is 3.23. The normalized spacial score (nSPS) is 11.2. The zero-order valence-electron chi connectivity index (χ0n) is 12.5. The number of urea groups is 1. The Morgan fingerprint density at radius 2 is 1.72 bits per heavy atom. The van der Waals surface area contributed by atoms with Gasteiger partial charge in [-0.2, -0.15) is 18.4 Å².